The lowest BCUT2D eigenvalue weighted by atomic mass is 10.1. The molecule has 3 N–H and O–H groups in total. The van der Waals surface area contributed by atoms with Crippen LogP contribution in [0, 0.1) is 6.92 Å². The van der Waals surface area contributed by atoms with Crippen LogP contribution in [0.3, 0.4) is 0 Å². The zero-order chi connectivity index (χ0) is 13.6. The van der Waals surface area contributed by atoms with E-state index in [1.165, 1.54) is 38.5 Å². The smallest absolute Gasteiger partial charge is 0.0215 e. The predicted octanol–water partition coefficient (Wildman–Crippen LogP) is 3.11. The van der Waals surface area contributed by atoms with E-state index in [2.05, 4.69) is 31.2 Å². The van der Waals surface area contributed by atoms with Crippen molar-refractivity contribution in [2.24, 2.45) is 5.73 Å². The lowest BCUT2D eigenvalue weighted by Gasteiger charge is -2.28. The van der Waals surface area contributed by atoms with Crippen LogP contribution in [0.15, 0.2) is 0 Å². The van der Waals surface area contributed by atoms with Gasteiger partial charge >= 0.3 is 0 Å². The van der Waals surface area contributed by atoms with Crippen molar-refractivity contribution in [3.8, 4) is 0 Å². The Kier molecular flexibility index (Phi) is 13.2. The normalized spacial score (nSPS) is 13.2. The van der Waals surface area contributed by atoms with Crippen LogP contribution >= 0.6 is 0 Å². The summed E-state index contributed by atoms with van der Waals surface area (Å²) in [4.78, 5) is 0. The number of hydrogen-bond acceptors (Lipinski definition) is 3. The third kappa shape index (κ3) is 9.86. The average molecular weight is 256 g/mol. The van der Waals surface area contributed by atoms with Crippen LogP contribution in [0.2, 0.25) is 0 Å². The molecule has 3 heteroatoms. The topological polar surface area (TPSA) is 41.3 Å². The second-order valence-electron chi connectivity index (χ2n) is 5.10. The monoisotopic (exact) mass is 256 g/mol. The standard InChI is InChI=1S/C15H34N3/c1-4-6-7-8-9-10-12-15(3)18(5-2)17-14-11-13-16/h15,17H,1,4-14,16H2,2-3H3. The van der Waals surface area contributed by atoms with Crippen LogP contribution in [-0.4, -0.2) is 30.7 Å². The first-order chi connectivity index (χ1) is 8.76. The molecule has 0 amide bonds. The Bertz CT molecular complexity index is 162. The number of nitrogens with zero attached hydrogens (tertiary/aromatic N) is 1. The van der Waals surface area contributed by atoms with Gasteiger partial charge in [-0.05, 0) is 26.3 Å². The van der Waals surface area contributed by atoms with E-state index in [0.29, 0.717) is 6.04 Å². The van der Waals surface area contributed by atoms with Gasteiger partial charge in [0.1, 0.15) is 0 Å². The Morgan fingerprint density at radius 1 is 1.11 bits per heavy atom. The van der Waals surface area contributed by atoms with Crippen molar-refractivity contribution in [1.29, 1.82) is 0 Å². The van der Waals surface area contributed by atoms with Gasteiger partial charge in [0, 0.05) is 19.1 Å². The Morgan fingerprint density at radius 3 is 2.39 bits per heavy atom. The van der Waals surface area contributed by atoms with Gasteiger partial charge in [-0.3, -0.25) is 5.43 Å². The fraction of sp³-hybridized carbons (Fsp3) is 0.933. The van der Waals surface area contributed by atoms with E-state index in [1.54, 1.807) is 0 Å². The van der Waals surface area contributed by atoms with Gasteiger partial charge in [-0.1, -0.05) is 52.4 Å². The number of hydrazine groups is 1. The second-order valence-corrected chi connectivity index (χ2v) is 5.10. The lowest BCUT2D eigenvalue weighted by molar-refractivity contribution is 0.133. The Hall–Kier alpha value is -0.120. The van der Waals surface area contributed by atoms with Crippen molar-refractivity contribution in [3.05, 3.63) is 6.92 Å². The number of unbranched alkanes of at least 4 members (excludes halogenated alkanes) is 5. The molecular formula is C15H34N3. The van der Waals surface area contributed by atoms with Gasteiger partial charge in [0.2, 0.25) is 0 Å². The van der Waals surface area contributed by atoms with E-state index < -0.39 is 0 Å². The van der Waals surface area contributed by atoms with E-state index in [-0.39, 0.29) is 0 Å². The van der Waals surface area contributed by atoms with Crippen molar-refractivity contribution in [2.75, 3.05) is 19.6 Å². The predicted molar refractivity (Wildman–Crippen MR) is 81.2 cm³/mol. The summed E-state index contributed by atoms with van der Waals surface area (Å²) in [6.45, 7) is 11.2. The summed E-state index contributed by atoms with van der Waals surface area (Å²) in [5.74, 6) is 0. The molecule has 3 nitrogen and oxygen atoms in total. The molecule has 0 spiro atoms. The molecular weight excluding hydrogens is 222 g/mol. The molecule has 0 aliphatic rings. The second kappa shape index (κ2) is 13.3. The van der Waals surface area contributed by atoms with Gasteiger partial charge in [0.25, 0.3) is 0 Å². The fourth-order valence-electron chi connectivity index (χ4n) is 2.21. The minimum Gasteiger partial charge on any atom is -0.330 e. The summed E-state index contributed by atoms with van der Waals surface area (Å²) in [5.41, 5.74) is 8.98. The van der Waals surface area contributed by atoms with Crippen LogP contribution in [0.1, 0.15) is 65.2 Å². The maximum Gasteiger partial charge on any atom is 0.0215 e. The minimum atomic E-state index is 0.626. The van der Waals surface area contributed by atoms with Gasteiger partial charge in [-0.15, -0.1) is 0 Å². The maximum atomic E-state index is 5.51. The highest BCUT2D eigenvalue weighted by Gasteiger charge is 2.10. The van der Waals surface area contributed by atoms with Crippen molar-refractivity contribution < 1.29 is 0 Å². The highest BCUT2D eigenvalue weighted by molar-refractivity contribution is 4.63. The van der Waals surface area contributed by atoms with E-state index in [9.17, 15) is 0 Å². The van der Waals surface area contributed by atoms with Crippen molar-refractivity contribution in [1.82, 2.24) is 10.4 Å². The van der Waals surface area contributed by atoms with E-state index in [4.69, 9.17) is 5.73 Å². The summed E-state index contributed by atoms with van der Waals surface area (Å²) in [6.07, 6.45) is 10.1. The molecule has 0 saturated carbocycles. The van der Waals surface area contributed by atoms with Crippen LogP contribution in [0.25, 0.3) is 0 Å². The van der Waals surface area contributed by atoms with Crippen molar-refractivity contribution in [2.45, 2.75) is 71.3 Å². The van der Waals surface area contributed by atoms with Crippen LogP contribution in [0.5, 0.6) is 0 Å². The third-order valence-corrected chi connectivity index (χ3v) is 3.44. The van der Waals surface area contributed by atoms with Gasteiger partial charge < -0.3 is 5.73 Å². The molecule has 0 fully saturated rings. The molecule has 0 rings (SSSR count). The lowest BCUT2D eigenvalue weighted by Crippen LogP contribution is -2.44. The number of nitrogens with one attached hydrogen (secondary N) is 1. The van der Waals surface area contributed by atoms with Crippen LogP contribution in [0.4, 0.5) is 0 Å². The number of rotatable bonds is 13. The van der Waals surface area contributed by atoms with Crippen LogP contribution in [-0.2, 0) is 0 Å². The zero-order valence-electron chi connectivity index (χ0n) is 12.6. The first kappa shape index (κ1) is 17.9. The Labute approximate surface area is 114 Å². The zero-order valence-corrected chi connectivity index (χ0v) is 12.6. The Morgan fingerprint density at radius 2 is 1.78 bits per heavy atom. The molecule has 0 aromatic carbocycles. The molecule has 0 saturated heterocycles. The third-order valence-electron chi connectivity index (χ3n) is 3.44. The largest absolute Gasteiger partial charge is 0.330 e. The highest BCUT2D eigenvalue weighted by atomic mass is 15.5. The molecule has 109 valence electrons. The molecule has 0 bridgehead atoms. The van der Waals surface area contributed by atoms with Gasteiger partial charge in [0.15, 0.2) is 0 Å². The molecule has 0 aliphatic heterocycles. The van der Waals surface area contributed by atoms with Gasteiger partial charge in [-0.25, -0.2) is 5.01 Å². The molecule has 0 aromatic rings. The molecule has 0 heterocycles. The Balaban J connectivity index is 3.53. The average Bonchev–Trinajstić information content (AvgIpc) is 2.38. The maximum absolute atomic E-state index is 5.51. The van der Waals surface area contributed by atoms with Gasteiger partial charge in [0.05, 0.1) is 0 Å². The highest BCUT2D eigenvalue weighted by Crippen LogP contribution is 2.10. The molecule has 0 aliphatic carbocycles. The quantitative estimate of drug-likeness (QED) is 0.393. The summed E-state index contributed by atoms with van der Waals surface area (Å²) in [5, 5.41) is 2.35. The number of hydrogen-bond donors (Lipinski definition) is 2. The fourth-order valence-corrected chi connectivity index (χ4v) is 2.21. The molecule has 1 radical (unpaired) electrons. The van der Waals surface area contributed by atoms with Crippen molar-refractivity contribution in [3.63, 3.8) is 0 Å². The first-order valence-electron chi connectivity index (χ1n) is 7.75. The summed E-state index contributed by atoms with van der Waals surface area (Å²) < 4.78 is 0. The number of nitrogens with two attached hydrogens (primary N) is 1. The summed E-state index contributed by atoms with van der Waals surface area (Å²) in [7, 11) is 0. The van der Waals surface area contributed by atoms with E-state index in [1.807, 2.05) is 0 Å². The molecule has 0 aromatic heterocycles. The SMILES string of the molecule is [CH2]CCCCCCCC(C)N(CC)NCCCN. The molecule has 1 atom stereocenters. The molecule has 1 unspecified atom stereocenters. The first-order valence-corrected chi connectivity index (χ1v) is 7.75. The van der Waals surface area contributed by atoms with Crippen molar-refractivity contribution >= 4 is 0 Å². The minimum absolute atomic E-state index is 0.626. The molecule has 18 heavy (non-hydrogen) atoms. The van der Waals surface area contributed by atoms with E-state index in [0.717, 1.165) is 32.5 Å². The van der Waals surface area contributed by atoms with Crippen LogP contribution < -0.4 is 11.2 Å². The van der Waals surface area contributed by atoms with Gasteiger partial charge in [-0.2, -0.15) is 0 Å². The summed E-state index contributed by atoms with van der Waals surface area (Å²) >= 11 is 0. The summed E-state index contributed by atoms with van der Waals surface area (Å²) in [6, 6.07) is 0.626. The van der Waals surface area contributed by atoms with E-state index >= 15 is 0 Å².